The summed E-state index contributed by atoms with van der Waals surface area (Å²) >= 11 is 1.82. The van der Waals surface area contributed by atoms with E-state index in [0.717, 1.165) is 5.56 Å². The van der Waals surface area contributed by atoms with E-state index in [1.54, 1.807) is 12.1 Å². The zero-order valence-electron chi connectivity index (χ0n) is 11.7. The number of aliphatic hydroxyl groups excluding tert-OH is 1. The summed E-state index contributed by atoms with van der Waals surface area (Å²) < 4.78 is 8.05. The van der Waals surface area contributed by atoms with Crippen molar-refractivity contribution in [1.29, 1.82) is 0 Å². The molecule has 0 saturated carbocycles. The minimum Gasteiger partial charge on any atom is -0.491 e. The van der Waals surface area contributed by atoms with Gasteiger partial charge in [0, 0.05) is 12.6 Å². The van der Waals surface area contributed by atoms with Gasteiger partial charge in [-0.3, -0.25) is 8.32 Å². The van der Waals surface area contributed by atoms with Crippen molar-refractivity contribution < 1.29 is 14.6 Å². The number of carbonyl (C=O) groups is 1. The van der Waals surface area contributed by atoms with Crippen LogP contribution in [0, 0.1) is 0 Å². The molecule has 6 heteroatoms. The van der Waals surface area contributed by atoms with Gasteiger partial charge in [0.2, 0.25) is 5.91 Å². The van der Waals surface area contributed by atoms with Gasteiger partial charge in [0.05, 0.1) is 29.3 Å². The molecule has 1 rings (SSSR count). The zero-order chi connectivity index (χ0) is 15.0. The Labute approximate surface area is 133 Å². The van der Waals surface area contributed by atoms with Crippen molar-refractivity contribution in [3.05, 3.63) is 29.8 Å². The maximum atomic E-state index is 11.2. The van der Waals surface area contributed by atoms with E-state index in [2.05, 4.69) is 8.85 Å². The van der Waals surface area contributed by atoms with Crippen LogP contribution >= 0.6 is 22.9 Å². The van der Waals surface area contributed by atoms with E-state index < -0.39 is 6.10 Å². The van der Waals surface area contributed by atoms with Crippen LogP contribution in [0.25, 0.3) is 0 Å². The Morgan fingerprint density at radius 3 is 2.55 bits per heavy atom. The highest BCUT2D eigenvalue weighted by Gasteiger charge is 2.06. The second-order valence-electron chi connectivity index (χ2n) is 4.87. The number of benzene rings is 1. The van der Waals surface area contributed by atoms with Gasteiger partial charge in [-0.2, -0.15) is 0 Å². The summed E-state index contributed by atoms with van der Waals surface area (Å²) in [4.78, 5) is 11.2. The van der Waals surface area contributed by atoms with Gasteiger partial charge in [-0.1, -0.05) is 26.0 Å². The van der Waals surface area contributed by atoms with Crippen LogP contribution in [0.15, 0.2) is 24.3 Å². The Bertz CT molecular complexity index is 409. The van der Waals surface area contributed by atoms with E-state index in [0.29, 0.717) is 24.8 Å². The van der Waals surface area contributed by atoms with Gasteiger partial charge < -0.3 is 15.2 Å². The normalized spacial score (nSPS) is 12.2. The van der Waals surface area contributed by atoms with Crippen LogP contribution in [-0.4, -0.2) is 36.3 Å². The summed E-state index contributed by atoms with van der Waals surface area (Å²) in [7, 11) is 0. The number of rotatable bonds is 8. The number of halogens is 1. The lowest BCUT2D eigenvalue weighted by molar-refractivity contribution is -0.118. The molecule has 20 heavy (non-hydrogen) atoms. The first-order valence-electron chi connectivity index (χ1n) is 6.54. The summed E-state index contributed by atoms with van der Waals surface area (Å²) in [6.45, 7) is 4.80. The summed E-state index contributed by atoms with van der Waals surface area (Å²) in [5.74, 6) is 0.654. The molecule has 0 fully saturated rings. The SMILES string of the molecule is CC(C)NCC(O)COc1ccc(CC(=O)NI)cc1. The summed E-state index contributed by atoms with van der Waals surface area (Å²) in [6, 6.07) is 7.64. The molecule has 0 radical (unpaired) electrons. The van der Waals surface area contributed by atoms with Gasteiger partial charge in [0.1, 0.15) is 18.5 Å². The van der Waals surface area contributed by atoms with Crippen molar-refractivity contribution in [3.8, 4) is 5.75 Å². The van der Waals surface area contributed by atoms with E-state index >= 15 is 0 Å². The maximum Gasteiger partial charge on any atom is 0.233 e. The van der Waals surface area contributed by atoms with E-state index in [9.17, 15) is 9.90 Å². The smallest absolute Gasteiger partial charge is 0.233 e. The van der Waals surface area contributed by atoms with Crippen LogP contribution < -0.4 is 13.6 Å². The average molecular weight is 392 g/mol. The van der Waals surface area contributed by atoms with E-state index in [4.69, 9.17) is 4.74 Å². The van der Waals surface area contributed by atoms with Crippen LogP contribution in [0.5, 0.6) is 5.75 Å². The third kappa shape index (κ3) is 7.06. The van der Waals surface area contributed by atoms with Gasteiger partial charge in [-0.15, -0.1) is 0 Å². The van der Waals surface area contributed by atoms with Crippen molar-refractivity contribution in [3.63, 3.8) is 0 Å². The van der Waals surface area contributed by atoms with Crippen LogP contribution in [0.2, 0.25) is 0 Å². The van der Waals surface area contributed by atoms with Crippen molar-refractivity contribution in [2.45, 2.75) is 32.4 Å². The topological polar surface area (TPSA) is 70.6 Å². The molecule has 1 amide bonds. The number of hydrogen-bond donors (Lipinski definition) is 3. The number of ether oxygens (including phenoxy) is 1. The second-order valence-corrected chi connectivity index (χ2v) is 5.41. The lowest BCUT2D eigenvalue weighted by Gasteiger charge is -2.15. The first-order chi connectivity index (χ1) is 9.51. The third-order valence-electron chi connectivity index (χ3n) is 2.60. The number of aliphatic hydroxyl groups is 1. The van der Waals surface area contributed by atoms with Crippen LogP contribution in [0.1, 0.15) is 19.4 Å². The molecule has 0 aliphatic carbocycles. The molecular formula is C14H21IN2O3. The fourth-order valence-electron chi connectivity index (χ4n) is 1.55. The minimum atomic E-state index is -0.540. The molecular weight excluding hydrogens is 371 g/mol. The van der Waals surface area contributed by atoms with Crippen LogP contribution in [0.4, 0.5) is 0 Å². The molecule has 0 aliphatic rings. The van der Waals surface area contributed by atoms with E-state index in [-0.39, 0.29) is 12.5 Å². The Hall–Kier alpha value is -0.860. The Morgan fingerprint density at radius 2 is 2.00 bits per heavy atom. The predicted octanol–water partition coefficient (Wildman–Crippen LogP) is 1.43. The van der Waals surface area contributed by atoms with Gasteiger partial charge in [0.15, 0.2) is 0 Å². The molecule has 5 nitrogen and oxygen atoms in total. The quantitative estimate of drug-likeness (QED) is 0.463. The second kappa shape index (κ2) is 9.15. The molecule has 0 aliphatic heterocycles. The highest BCUT2D eigenvalue weighted by molar-refractivity contribution is 14.1. The number of hydrogen-bond acceptors (Lipinski definition) is 4. The van der Waals surface area contributed by atoms with Gasteiger partial charge in [0.25, 0.3) is 0 Å². The molecule has 0 aromatic heterocycles. The standard InChI is InChI=1S/C14H21IN2O3/c1-10(2)16-8-12(18)9-20-13-5-3-11(4-6-13)7-14(19)17-15/h3-6,10,12,16,18H,7-9H2,1-2H3,(H,17,19). The Morgan fingerprint density at radius 1 is 1.35 bits per heavy atom. The van der Waals surface area contributed by atoms with E-state index in [1.165, 1.54) is 0 Å². The highest BCUT2D eigenvalue weighted by atomic mass is 127. The highest BCUT2D eigenvalue weighted by Crippen LogP contribution is 2.13. The van der Waals surface area contributed by atoms with Crippen molar-refractivity contribution in [1.82, 2.24) is 8.85 Å². The largest absolute Gasteiger partial charge is 0.491 e. The summed E-state index contributed by atoms with van der Waals surface area (Å²) in [5, 5.41) is 12.9. The van der Waals surface area contributed by atoms with Crippen LogP contribution in [-0.2, 0) is 11.2 Å². The Balaban J connectivity index is 2.36. The molecule has 0 spiro atoms. The average Bonchev–Trinajstić information content (AvgIpc) is 2.44. The zero-order valence-corrected chi connectivity index (χ0v) is 13.9. The molecule has 1 aromatic rings. The van der Waals surface area contributed by atoms with Crippen LogP contribution in [0.3, 0.4) is 0 Å². The maximum absolute atomic E-state index is 11.2. The molecule has 112 valence electrons. The fourth-order valence-corrected chi connectivity index (χ4v) is 1.74. The molecule has 1 unspecified atom stereocenters. The monoisotopic (exact) mass is 392 g/mol. The van der Waals surface area contributed by atoms with Gasteiger partial charge in [-0.05, 0) is 17.7 Å². The van der Waals surface area contributed by atoms with Gasteiger partial charge in [-0.25, -0.2) is 0 Å². The molecule has 0 bridgehead atoms. The molecule has 0 heterocycles. The third-order valence-corrected chi connectivity index (χ3v) is 3.20. The molecule has 3 N–H and O–H groups in total. The minimum absolute atomic E-state index is 0.0329. The molecule has 1 atom stereocenters. The fraction of sp³-hybridized carbons (Fsp3) is 0.500. The summed E-state index contributed by atoms with van der Waals surface area (Å²) in [6.07, 6.45) is -0.189. The number of carbonyl (C=O) groups excluding carboxylic acids is 1. The van der Waals surface area contributed by atoms with Crippen molar-refractivity contribution in [2.24, 2.45) is 0 Å². The van der Waals surface area contributed by atoms with E-state index in [1.807, 2.05) is 48.8 Å². The van der Waals surface area contributed by atoms with Gasteiger partial charge >= 0.3 is 0 Å². The first kappa shape index (κ1) is 17.2. The molecule has 1 aromatic carbocycles. The Kier molecular flexibility index (Phi) is 7.86. The number of amides is 1. The summed E-state index contributed by atoms with van der Waals surface area (Å²) in [5.41, 5.74) is 0.925. The first-order valence-corrected chi connectivity index (χ1v) is 7.61. The van der Waals surface area contributed by atoms with Crippen molar-refractivity contribution >= 4 is 28.8 Å². The predicted molar refractivity (Wildman–Crippen MR) is 86.9 cm³/mol. The lowest BCUT2D eigenvalue weighted by atomic mass is 10.1. The molecule has 0 saturated heterocycles. The van der Waals surface area contributed by atoms with Crippen molar-refractivity contribution in [2.75, 3.05) is 13.2 Å². The lowest BCUT2D eigenvalue weighted by Crippen LogP contribution is -2.35. The number of nitrogens with one attached hydrogen (secondary N) is 2.